The summed E-state index contributed by atoms with van der Waals surface area (Å²) in [6.07, 6.45) is 7.17. The van der Waals surface area contributed by atoms with Crippen molar-refractivity contribution in [2.24, 2.45) is 0 Å². The number of hydrogen-bond acceptors (Lipinski definition) is 6. The molecule has 0 saturated carbocycles. The van der Waals surface area contributed by atoms with E-state index in [9.17, 15) is 0 Å². The summed E-state index contributed by atoms with van der Waals surface area (Å²) in [4.78, 5) is 8.60. The van der Waals surface area contributed by atoms with Gasteiger partial charge in [-0.3, -0.25) is 0 Å². The van der Waals surface area contributed by atoms with E-state index in [1.807, 2.05) is 12.1 Å². The normalized spacial score (nSPS) is 12.2. The molecule has 0 aliphatic rings. The van der Waals surface area contributed by atoms with Crippen LogP contribution < -0.4 is 5.32 Å². The van der Waals surface area contributed by atoms with Crippen molar-refractivity contribution in [3.8, 4) is 6.07 Å². The van der Waals surface area contributed by atoms with Crippen LogP contribution in [0.3, 0.4) is 0 Å². The second-order valence-corrected chi connectivity index (χ2v) is 5.40. The van der Waals surface area contributed by atoms with Crippen LogP contribution in [-0.4, -0.2) is 25.8 Å². The van der Waals surface area contributed by atoms with E-state index in [-0.39, 0.29) is 6.04 Å². The lowest BCUT2D eigenvalue weighted by Crippen LogP contribution is -2.17. The molecular weight excluding hydrogens is 292 g/mol. The van der Waals surface area contributed by atoms with Crippen molar-refractivity contribution in [2.75, 3.05) is 5.32 Å². The molecule has 0 unspecified atom stereocenters. The van der Waals surface area contributed by atoms with Crippen molar-refractivity contribution in [1.82, 2.24) is 19.7 Å². The first-order valence-corrected chi connectivity index (χ1v) is 7.60. The number of anilines is 1. The second-order valence-electron chi connectivity index (χ2n) is 5.40. The summed E-state index contributed by atoms with van der Waals surface area (Å²) in [5, 5.41) is 17.3. The van der Waals surface area contributed by atoms with E-state index in [4.69, 9.17) is 9.68 Å². The molecule has 0 aliphatic heterocycles. The van der Waals surface area contributed by atoms with E-state index in [0.717, 1.165) is 35.5 Å². The van der Waals surface area contributed by atoms with E-state index < -0.39 is 0 Å². The number of nitriles is 1. The molecule has 7 heteroatoms. The molecule has 0 saturated heterocycles. The molecule has 0 aromatic carbocycles. The quantitative estimate of drug-likeness (QED) is 0.721. The zero-order chi connectivity index (χ0) is 16.1. The second kappa shape index (κ2) is 6.92. The summed E-state index contributed by atoms with van der Waals surface area (Å²) >= 11 is 0. The maximum atomic E-state index is 8.70. The number of rotatable bonds is 7. The Bertz CT molecular complexity index is 802. The Kier molecular flexibility index (Phi) is 4.52. The van der Waals surface area contributed by atoms with E-state index in [2.05, 4.69) is 33.4 Å². The highest BCUT2D eigenvalue weighted by atomic mass is 16.3. The van der Waals surface area contributed by atoms with Crippen LogP contribution in [0.4, 0.5) is 5.82 Å². The third-order valence-corrected chi connectivity index (χ3v) is 3.66. The molecule has 23 heavy (non-hydrogen) atoms. The number of nitrogens with zero attached hydrogens (tertiary/aromatic N) is 5. The number of nitrogens with one attached hydrogen (secondary N) is 1. The average Bonchev–Trinajstić information content (AvgIpc) is 3.21. The largest absolute Gasteiger partial charge is 0.469 e. The molecule has 0 aliphatic carbocycles. The van der Waals surface area contributed by atoms with Crippen LogP contribution in [0.5, 0.6) is 0 Å². The van der Waals surface area contributed by atoms with Crippen LogP contribution in [0.15, 0.2) is 35.3 Å². The molecule has 0 bridgehead atoms. The zero-order valence-electron chi connectivity index (χ0n) is 12.9. The molecule has 7 nitrogen and oxygen atoms in total. The van der Waals surface area contributed by atoms with E-state index in [1.165, 1.54) is 6.33 Å². The fourth-order valence-corrected chi connectivity index (χ4v) is 2.45. The van der Waals surface area contributed by atoms with Crippen LogP contribution in [-0.2, 0) is 13.0 Å². The average molecular weight is 310 g/mol. The summed E-state index contributed by atoms with van der Waals surface area (Å²) < 4.78 is 7.09. The first-order chi connectivity index (χ1) is 11.3. The van der Waals surface area contributed by atoms with E-state index in [0.29, 0.717) is 13.0 Å². The molecule has 3 aromatic heterocycles. The van der Waals surface area contributed by atoms with Crippen LogP contribution in [0.1, 0.15) is 25.5 Å². The third kappa shape index (κ3) is 3.48. The highest BCUT2D eigenvalue weighted by Gasteiger charge is 2.12. The molecule has 1 N–H and O–H groups in total. The van der Waals surface area contributed by atoms with Gasteiger partial charge in [-0.25, -0.2) is 14.6 Å². The summed E-state index contributed by atoms with van der Waals surface area (Å²) in [6.45, 7) is 2.64. The van der Waals surface area contributed by atoms with Gasteiger partial charge < -0.3 is 9.73 Å². The number of aromatic nitrogens is 4. The number of furan rings is 1. The van der Waals surface area contributed by atoms with E-state index in [1.54, 1.807) is 17.1 Å². The maximum Gasteiger partial charge on any atom is 0.163 e. The first kappa shape index (κ1) is 15.0. The van der Waals surface area contributed by atoms with Crippen molar-refractivity contribution < 1.29 is 4.42 Å². The van der Waals surface area contributed by atoms with Crippen LogP contribution in [0.2, 0.25) is 0 Å². The Morgan fingerprint density at radius 3 is 3.13 bits per heavy atom. The topological polar surface area (TPSA) is 92.6 Å². The standard InChI is InChI=1S/C16H18N6O/c1-12(5-6-13-4-2-9-23-13)21-15-14-10-20-22(8-3-7-17)16(14)19-11-18-15/h2,4,9-12H,3,5-6,8H2,1H3,(H,18,19,21)/t12-/m1/s1. The van der Waals surface area contributed by atoms with Gasteiger partial charge in [0.15, 0.2) is 5.65 Å². The molecule has 0 radical (unpaired) electrons. The van der Waals surface area contributed by atoms with Gasteiger partial charge >= 0.3 is 0 Å². The Morgan fingerprint density at radius 1 is 1.43 bits per heavy atom. The van der Waals surface area contributed by atoms with Crippen LogP contribution in [0, 0.1) is 11.3 Å². The minimum absolute atomic E-state index is 0.237. The first-order valence-electron chi connectivity index (χ1n) is 7.60. The van der Waals surface area contributed by atoms with Gasteiger partial charge in [-0.2, -0.15) is 10.4 Å². The van der Waals surface area contributed by atoms with Gasteiger partial charge in [0, 0.05) is 12.5 Å². The number of hydrogen-bond donors (Lipinski definition) is 1. The smallest absolute Gasteiger partial charge is 0.163 e. The third-order valence-electron chi connectivity index (χ3n) is 3.66. The lowest BCUT2D eigenvalue weighted by Gasteiger charge is -2.14. The Balaban J connectivity index is 1.70. The number of fused-ring (bicyclic) bond motifs is 1. The zero-order valence-corrected chi connectivity index (χ0v) is 12.9. The lowest BCUT2D eigenvalue weighted by molar-refractivity contribution is 0.495. The van der Waals surface area contributed by atoms with Gasteiger partial charge in [0.25, 0.3) is 0 Å². The Hall–Kier alpha value is -2.88. The van der Waals surface area contributed by atoms with Crippen LogP contribution >= 0.6 is 0 Å². The molecular formula is C16H18N6O. The lowest BCUT2D eigenvalue weighted by atomic mass is 10.1. The minimum atomic E-state index is 0.237. The van der Waals surface area contributed by atoms with Gasteiger partial charge in [0.2, 0.25) is 0 Å². The number of aryl methyl sites for hydroxylation is 2. The Labute approximate surface area is 134 Å². The van der Waals surface area contributed by atoms with Crippen molar-refractivity contribution >= 4 is 16.9 Å². The molecule has 3 heterocycles. The summed E-state index contributed by atoms with van der Waals surface area (Å²) in [6, 6.07) is 6.24. The summed E-state index contributed by atoms with van der Waals surface area (Å²) in [5.41, 5.74) is 0.746. The van der Waals surface area contributed by atoms with Crippen molar-refractivity contribution in [1.29, 1.82) is 5.26 Å². The monoisotopic (exact) mass is 310 g/mol. The fourth-order valence-electron chi connectivity index (χ4n) is 2.45. The highest BCUT2D eigenvalue weighted by Crippen LogP contribution is 2.20. The molecule has 118 valence electrons. The summed E-state index contributed by atoms with van der Waals surface area (Å²) in [7, 11) is 0. The van der Waals surface area contributed by atoms with Crippen LogP contribution in [0.25, 0.3) is 11.0 Å². The van der Waals surface area contributed by atoms with Crippen molar-refractivity contribution in [3.05, 3.63) is 36.7 Å². The highest BCUT2D eigenvalue weighted by molar-refractivity contribution is 5.86. The molecule has 3 aromatic rings. The van der Waals surface area contributed by atoms with E-state index >= 15 is 0 Å². The maximum absolute atomic E-state index is 8.70. The van der Waals surface area contributed by atoms with Gasteiger partial charge in [-0.1, -0.05) is 0 Å². The Morgan fingerprint density at radius 2 is 2.35 bits per heavy atom. The van der Waals surface area contributed by atoms with Gasteiger partial charge in [0.1, 0.15) is 17.9 Å². The SMILES string of the molecule is C[C@H](CCc1ccco1)Nc1ncnc2c1cnn2CCC#N. The molecule has 0 amide bonds. The minimum Gasteiger partial charge on any atom is -0.469 e. The fraction of sp³-hybridized carbons (Fsp3) is 0.375. The van der Waals surface area contributed by atoms with Gasteiger partial charge in [-0.05, 0) is 25.5 Å². The van der Waals surface area contributed by atoms with Gasteiger partial charge in [0.05, 0.1) is 36.9 Å². The predicted molar refractivity (Wildman–Crippen MR) is 85.7 cm³/mol. The molecule has 0 fully saturated rings. The summed E-state index contributed by atoms with van der Waals surface area (Å²) in [5.74, 6) is 1.75. The predicted octanol–water partition coefficient (Wildman–Crippen LogP) is 2.77. The van der Waals surface area contributed by atoms with Crippen molar-refractivity contribution in [2.45, 2.75) is 38.8 Å². The molecule has 1 atom stereocenters. The molecule has 3 rings (SSSR count). The van der Waals surface area contributed by atoms with Crippen molar-refractivity contribution in [3.63, 3.8) is 0 Å². The molecule has 0 spiro atoms. The van der Waals surface area contributed by atoms with Gasteiger partial charge in [-0.15, -0.1) is 0 Å².